The predicted molar refractivity (Wildman–Crippen MR) is 140 cm³/mol. The molecule has 3 aromatic carbocycles. The van der Waals surface area contributed by atoms with Crippen LogP contribution >= 0.6 is 0 Å². The summed E-state index contributed by atoms with van der Waals surface area (Å²) in [5.74, 6) is 0.636. The van der Waals surface area contributed by atoms with Gasteiger partial charge in [0.25, 0.3) is 0 Å². The molecular formula is C27H24N6O4. The lowest BCUT2D eigenvalue weighted by Crippen LogP contribution is -2.37. The molecule has 0 bridgehead atoms. The number of ether oxygens (including phenoxy) is 1. The molecule has 2 heterocycles. The topological polar surface area (TPSA) is 130 Å². The van der Waals surface area contributed by atoms with E-state index in [9.17, 15) is 9.59 Å². The van der Waals surface area contributed by atoms with E-state index in [0.29, 0.717) is 55.3 Å². The molecule has 10 nitrogen and oxygen atoms in total. The SMILES string of the molecule is O=C(Nc1ccc(-c2nc(-c3ccccc3)nc(N3CCOCC3)n2)cc1)Nc1cccc(C(=O)O)c1. The van der Waals surface area contributed by atoms with Crippen LogP contribution in [0.2, 0.25) is 0 Å². The summed E-state index contributed by atoms with van der Waals surface area (Å²) in [4.78, 5) is 39.8. The fraction of sp³-hybridized carbons (Fsp3) is 0.148. The van der Waals surface area contributed by atoms with E-state index in [2.05, 4.69) is 15.5 Å². The van der Waals surface area contributed by atoms with E-state index in [-0.39, 0.29) is 5.56 Å². The Morgan fingerprint density at radius 2 is 1.41 bits per heavy atom. The van der Waals surface area contributed by atoms with E-state index in [1.54, 1.807) is 24.3 Å². The molecule has 3 N–H and O–H groups in total. The van der Waals surface area contributed by atoms with Gasteiger partial charge in [0.2, 0.25) is 5.95 Å². The van der Waals surface area contributed by atoms with Crippen LogP contribution < -0.4 is 15.5 Å². The molecule has 2 amide bonds. The molecule has 186 valence electrons. The Hall–Kier alpha value is -4.83. The molecule has 0 atom stereocenters. The van der Waals surface area contributed by atoms with Crippen LogP contribution in [0, 0.1) is 0 Å². The highest BCUT2D eigenvalue weighted by Crippen LogP contribution is 2.25. The van der Waals surface area contributed by atoms with Crippen LogP contribution in [0.4, 0.5) is 22.1 Å². The highest BCUT2D eigenvalue weighted by atomic mass is 16.5. The van der Waals surface area contributed by atoms with Gasteiger partial charge < -0.3 is 25.4 Å². The summed E-state index contributed by atoms with van der Waals surface area (Å²) in [5, 5.41) is 14.5. The zero-order valence-electron chi connectivity index (χ0n) is 19.8. The van der Waals surface area contributed by atoms with Crippen molar-refractivity contribution < 1.29 is 19.4 Å². The normalized spacial score (nSPS) is 13.1. The molecule has 0 radical (unpaired) electrons. The molecule has 37 heavy (non-hydrogen) atoms. The fourth-order valence-corrected chi connectivity index (χ4v) is 3.84. The fourth-order valence-electron chi connectivity index (χ4n) is 3.84. The lowest BCUT2D eigenvalue weighted by molar-refractivity contribution is 0.0697. The Labute approximate surface area is 213 Å². The summed E-state index contributed by atoms with van der Waals surface area (Å²) in [6, 6.07) is 22.4. The highest BCUT2D eigenvalue weighted by molar-refractivity contribution is 6.00. The zero-order chi connectivity index (χ0) is 25.6. The van der Waals surface area contributed by atoms with Crippen molar-refractivity contribution >= 4 is 29.3 Å². The van der Waals surface area contributed by atoms with E-state index >= 15 is 0 Å². The van der Waals surface area contributed by atoms with E-state index in [0.717, 1.165) is 11.1 Å². The number of carboxylic acid groups (broad SMARTS) is 1. The summed E-state index contributed by atoms with van der Waals surface area (Å²) in [7, 11) is 0. The maximum Gasteiger partial charge on any atom is 0.335 e. The van der Waals surface area contributed by atoms with Crippen molar-refractivity contribution in [2.45, 2.75) is 0 Å². The van der Waals surface area contributed by atoms with Crippen LogP contribution in [0.3, 0.4) is 0 Å². The molecule has 1 aromatic heterocycles. The first kappa shape index (κ1) is 23.9. The summed E-state index contributed by atoms with van der Waals surface area (Å²) in [6.07, 6.45) is 0. The highest BCUT2D eigenvalue weighted by Gasteiger charge is 2.18. The van der Waals surface area contributed by atoms with E-state index < -0.39 is 12.0 Å². The molecule has 10 heteroatoms. The van der Waals surface area contributed by atoms with Crippen molar-refractivity contribution in [2.24, 2.45) is 0 Å². The lowest BCUT2D eigenvalue weighted by atomic mass is 10.1. The molecular weight excluding hydrogens is 472 g/mol. The first-order valence-corrected chi connectivity index (χ1v) is 11.7. The molecule has 1 saturated heterocycles. The minimum Gasteiger partial charge on any atom is -0.478 e. The number of carbonyl (C=O) groups excluding carboxylic acids is 1. The van der Waals surface area contributed by atoms with Crippen molar-refractivity contribution in [3.63, 3.8) is 0 Å². The van der Waals surface area contributed by atoms with Gasteiger partial charge in [0, 0.05) is 35.6 Å². The molecule has 1 fully saturated rings. The average Bonchev–Trinajstić information content (AvgIpc) is 2.94. The van der Waals surface area contributed by atoms with Crippen molar-refractivity contribution in [3.8, 4) is 22.8 Å². The van der Waals surface area contributed by atoms with Gasteiger partial charge in [-0.1, -0.05) is 36.4 Å². The Bertz CT molecular complexity index is 1410. The summed E-state index contributed by atoms with van der Waals surface area (Å²) in [6.45, 7) is 2.63. The quantitative estimate of drug-likeness (QED) is 0.359. The number of rotatable bonds is 6. The number of nitrogens with zero attached hydrogens (tertiary/aromatic N) is 4. The third-order valence-electron chi connectivity index (χ3n) is 5.72. The van der Waals surface area contributed by atoms with Gasteiger partial charge in [-0.3, -0.25) is 0 Å². The van der Waals surface area contributed by atoms with Crippen LogP contribution in [0.25, 0.3) is 22.8 Å². The summed E-state index contributed by atoms with van der Waals surface area (Å²) in [5.41, 5.74) is 2.69. The predicted octanol–water partition coefficient (Wildman–Crippen LogP) is 4.38. The lowest BCUT2D eigenvalue weighted by Gasteiger charge is -2.27. The maximum atomic E-state index is 12.4. The second-order valence-corrected chi connectivity index (χ2v) is 8.29. The van der Waals surface area contributed by atoms with Gasteiger partial charge in [-0.05, 0) is 42.5 Å². The van der Waals surface area contributed by atoms with Crippen molar-refractivity contribution in [1.29, 1.82) is 0 Å². The average molecular weight is 497 g/mol. The molecule has 1 aliphatic heterocycles. The number of aromatic carboxylic acids is 1. The van der Waals surface area contributed by atoms with Gasteiger partial charge >= 0.3 is 12.0 Å². The monoisotopic (exact) mass is 496 g/mol. The second kappa shape index (κ2) is 10.8. The minimum atomic E-state index is -1.06. The minimum absolute atomic E-state index is 0.0887. The third kappa shape index (κ3) is 5.88. The third-order valence-corrected chi connectivity index (χ3v) is 5.72. The Morgan fingerprint density at radius 1 is 0.757 bits per heavy atom. The maximum absolute atomic E-state index is 12.4. The Kier molecular flexibility index (Phi) is 7.00. The number of nitrogens with one attached hydrogen (secondary N) is 2. The van der Waals surface area contributed by atoms with Crippen molar-refractivity contribution in [1.82, 2.24) is 15.0 Å². The number of hydrogen-bond acceptors (Lipinski definition) is 7. The molecule has 0 unspecified atom stereocenters. The van der Waals surface area contributed by atoms with Crippen LogP contribution in [-0.4, -0.2) is 58.4 Å². The molecule has 0 spiro atoms. The number of urea groups is 1. The van der Waals surface area contributed by atoms with Crippen LogP contribution in [0.5, 0.6) is 0 Å². The molecule has 5 rings (SSSR count). The van der Waals surface area contributed by atoms with Crippen molar-refractivity contribution in [3.05, 3.63) is 84.4 Å². The molecule has 1 aliphatic rings. The van der Waals surface area contributed by atoms with Crippen LogP contribution in [-0.2, 0) is 4.74 Å². The number of morpholine rings is 1. The number of amides is 2. The number of carboxylic acids is 1. The van der Waals surface area contributed by atoms with E-state index in [1.165, 1.54) is 12.1 Å². The van der Waals surface area contributed by atoms with E-state index in [1.807, 2.05) is 42.5 Å². The summed E-state index contributed by atoms with van der Waals surface area (Å²) < 4.78 is 5.47. The molecule has 0 aliphatic carbocycles. The molecule has 0 saturated carbocycles. The van der Waals surface area contributed by atoms with E-state index in [4.69, 9.17) is 24.8 Å². The number of anilines is 3. The van der Waals surface area contributed by atoms with Gasteiger partial charge in [0.15, 0.2) is 11.6 Å². The smallest absolute Gasteiger partial charge is 0.335 e. The second-order valence-electron chi connectivity index (χ2n) is 8.29. The first-order valence-electron chi connectivity index (χ1n) is 11.7. The zero-order valence-corrected chi connectivity index (χ0v) is 19.8. The molecule has 4 aromatic rings. The summed E-state index contributed by atoms with van der Waals surface area (Å²) >= 11 is 0. The van der Waals surface area contributed by atoms with Crippen molar-refractivity contribution in [2.75, 3.05) is 41.8 Å². The van der Waals surface area contributed by atoms with Gasteiger partial charge in [0.1, 0.15) is 0 Å². The Morgan fingerprint density at radius 3 is 2.08 bits per heavy atom. The van der Waals surface area contributed by atoms with Gasteiger partial charge in [-0.15, -0.1) is 0 Å². The largest absolute Gasteiger partial charge is 0.478 e. The van der Waals surface area contributed by atoms with Gasteiger partial charge in [0.05, 0.1) is 18.8 Å². The Balaban J connectivity index is 1.36. The van der Waals surface area contributed by atoms with Crippen LogP contribution in [0.1, 0.15) is 10.4 Å². The van der Waals surface area contributed by atoms with Crippen LogP contribution in [0.15, 0.2) is 78.9 Å². The number of benzene rings is 3. The number of aromatic nitrogens is 3. The number of carbonyl (C=O) groups is 2. The standard InChI is InChI=1S/C27H24N6O4/c34-25(35)20-7-4-8-22(17-20)29-27(36)28-21-11-9-19(10-12-21)24-30-23(18-5-2-1-3-6-18)31-26(32-24)33-13-15-37-16-14-33/h1-12,17H,13-16H2,(H,34,35)(H2,28,29,36). The van der Waals surface area contributed by atoms with Gasteiger partial charge in [-0.2, -0.15) is 9.97 Å². The number of hydrogen-bond donors (Lipinski definition) is 3. The first-order chi connectivity index (χ1) is 18.0. The van der Waals surface area contributed by atoms with Gasteiger partial charge in [-0.25, -0.2) is 14.6 Å².